The van der Waals surface area contributed by atoms with Crippen LogP contribution in [0.4, 0.5) is 0 Å². The van der Waals surface area contributed by atoms with Gasteiger partial charge in [0.1, 0.15) is 6.54 Å². The molecule has 1 aliphatic heterocycles. The lowest BCUT2D eigenvalue weighted by molar-refractivity contribution is -0.879. The lowest BCUT2D eigenvalue weighted by atomic mass is 9.73. The van der Waals surface area contributed by atoms with Crippen molar-refractivity contribution < 1.29 is 19.1 Å². The number of aliphatic hydroxyl groups is 1. The summed E-state index contributed by atoms with van der Waals surface area (Å²) in [6.07, 6.45) is 5.87. The van der Waals surface area contributed by atoms with Crippen LogP contribution in [0.5, 0.6) is 0 Å². The Morgan fingerprint density at radius 1 is 1.12 bits per heavy atom. The molecule has 0 bridgehead atoms. The molecule has 2 aliphatic rings. The summed E-state index contributed by atoms with van der Waals surface area (Å²) in [5, 5.41) is 11.5. The average molecular weight is 332 g/mol. The van der Waals surface area contributed by atoms with Crippen LogP contribution in [0.15, 0.2) is 30.3 Å². The van der Waals surface area contributed by atoms with Gasteiger partial charge >= 0.3 is 5.97 Å². The van der Waals surface area contributed by atoms with E-state index in [1.165, 1.54) is 6.42 Å². The Kier molecular flexibility index (Phi) is 4.97. The van der Waals surface area contributed by atoms with Crippen LogP contribution in [-0.4, -0.2) is 48.8 Å². The molecule has 1 heterocycles. The van der Waals surface area contributed by atoms with Crippen LogP contribution in [0.2, 0.25) is 0 Å². The van der Waals surface area contributed by atoms with Crippen LogP contribution in [-0.2, 0) is 15.1 Å². The summed E-state index contributed by atoms with van der Waals surface area (Å²) in [6.45, 7) is 1.83. The fraction of sp³-hybridized carbons (Fsp3) is 0.650. The highest BCUT2D eigenvalue weighted by molar-refractivity contribution is 5.81. The number of hydrogen-bond donors (Lipinski definition) is 1. The maximum Gasteiger partial charge on any atom is 0.343 e. The van der Waals surface area contributed by atoms with Gasteiger partial charge in [-0.05, 0) is 18.4 Å². The molecular formula is C20H30NO3+. The van der Waals surface area contributed by atoms with E-state index < -0.39 is 11.6 Å². The minimum absolute atomic E-state index is 0.0509. The summed E-state index contributed by atoms with van der Waals surface area (Å²) in [5.41, 5.74) is -0.838. The topological polar surface area (TPSA) is 46.5 Å². The van der Waals surface area contributed by atoms with E-state index in [0.717, 1.165) is 49.7 Å². The number of likely N-dealkylation sites (N-methyl/N-ethyl adjacent to an activating group) is 1. The standard InChI is InChI=1S/C20H30NO3/c1-21(2)14-13-18(15-21)24-19(22)20(23,16-9-5-3-6-10-16)17-11-7-4-8-12-17/h3,5-6,9-10,17-18,23H,4,7-8,11-15H2,1-2H3/q+1/t18?,20-/m0/s1. The molecule has 0 aromatic heterocycles. The van der Waals surface area contributed by atoms with Gasteiger partial charge in [0.15, 0.2) is 11.7 Å². The highest BCUT2D eigenvalue weighted by Crippen LogP contribution is 2.40. The SMILES string of the molecule is C[N+]1(C)CCC(OC(=O)[C@](O)(c2ccccc2)C2CCCCC2)C1. The number of esters is 1. The first-order chi connectivity index (χ1) is 11.4. The van der Waals surface area contributed by atoms with E-state index in [4.69, 9.17) is 4.74 Å². The highest BCUT2D eigenvalue weighted by Gasteiger charge is 2.48. The molecule has 1 aromatic carbocycles. The van der Waals surface area contributed by atoms with E-state index in [1.54, 1.807) is 0 Å². The third kappa shape index (κ3) is 3.50. The molecule has 4 nitrogen and oxygen atoms in total. The van der Waals surface area contributed by atoms with Crippen molar-refractivity contribution in [1.29, 1.82) is 0 Å². The Morgan fingerprint density at radius 2 is 1.79 bits per heavy atom. The van der Waals surface area contributed by atoms with Crippen molar-refractivity contribution in [3.8, 4) is 0 Å². The van der Waals surface area contributed by atoms with Gasteiger partial charge in [0.2, 0.25) is 0 Å². The van der Waals surface area contributed by atoms with Crippen molar-refractivity contribution in [3.05, 3.63) is 35.9 Å². The fourth-order valence-electron chi connectivity index (χ4n) is 4.30. The largest absolute Gasteiger partial charge is 0.454 e. The normalized spacial score (nSPS) is 26.7. The molecule has 3 rings (SSSR count). The van der Waals surface area contributed by atoms with Crippen LogP contribution in [0.3, 0.4) is 0 Å². The number of carbonyl (C=O) groups is 1. The highest BCUT2D eigenvalue weighted by atomic mass is 16.6. The van der Waals surface area contributed by atoms with Crippen molar-refractivity contribution in [2.45, 2.75) is 50.2 Å². The molecule has 0 amide bonds. The smallest absolute Gasteiger partial charge is 0.343 e. The molecule has 4 heteroatoms. The van der Waals surface area contributed by atoms with Gasteiger partial charge in [-0.3, -0.25) is 0 Å². The van der Waals surface area contributed by atoms with Gasteiger partial charge in [0.25, 0.3) is 0 Å². The summed E-state index contributed by atoms with van der Waals surface area (Å²) >= 11 is 0. The molecule has 1 aliphatic carbocycles. The summed E-state index contributed by atoms with van der Waals surface area (Å²) < 4.78 is 6.68. The Labute approximate surface area is 145 Å². The van der Waals surface area contributed by atoms with Crippen LogP contribution in [0.1, 0.15) is 44.1 Å². The first-order valence-electron chi connectivity index (χ1n) is 9.23. The van der Waals surface area contributed by atoms with Crippen LogP contribution in [0.25, 0.3) is 0 Å². The predicted octanol–water partition coefficient (Wildman–Crippen LogP) is 2.85. The number of likely N-dealkylation sites (tertiary alicyclic amines) is 1. The van der Waals surface area contributed by atoms with Crippen LogP contribution >= 0.6 is 0 Å². The van der Waals surface area contributed by atoms with E-state index in [0.29, 0.717) is 5.56 Å². The van der Waals surface area contributed by atoms with Gasteiger partial charge in [-0.25, -0.2) is 4.79 Å². The first-order valence-corrected chi connectivity index (χ1v) is 9.23. The zero-order valence-electron chi connectivity index (χ0n) is 14.9. The molecule has 2 atom stereocenters. The molecule has 1 unspecified atom stereocenters. The number of hydrogen-bond acceptors (Lipinski definition) is 3. The molecular weight excluding hydrogens is 302 g/mol. The Bertz CT molecular complexity index is 566. The van der Waals surface area contributed by atoms with Crippen molar-refractivity contribution >= 4 is 5.97 Å². The van der Waals surface area contributed by atoms with Gasteiger partial charge in [-0.1, -0.05) is 49.6 Å². The van der Waals surface area contributed by atoms with Crippen molar-refractivity contribution in [2.24, 2.45) is 5.92 Å². The van der Waals surface area contributed by atoms with E-state index in [-0.39, 0.29) is 12.0 Å². The summed E-state index contributed by atoms with van der Waals surface area (Å²) in [6, 6.07) is 9.38. The lowest BCUT2D eigenvalue weighted by Gasteiger charge is -2.37. The zero-order chi connectivity index (χ0) is 17.2. The number of benzene rings is 1. The number of ether oxygens (including phenoxy) is 1. The predicted molar refractivity (Wildman–Crippen MR) is 93.3 cm³/mol. The van der Waals surface area contributed by atoms with Crippen molar-refractivity contribution in [1.82, 2.24) is 0 Å². The minimum Gasteiger partial charge on any atom is -0.454 e. The van der Waals surface area contributed by atoms with E-state index in [2.05, 4.69) is 14.1 Å². The second-order valence-electron chi connectivity index (χ2n) is 8.13. The molecule has 0 radical (unpaired) electrons. The number of nitrogens with zero attached hydrogens (tertiary/aromatic N) is 1. The second-order valence-corrected chi connectivity index (χ2v) is 8.13. The summed E-state index contributed by atoms with van der Waals surface area (Å²) in [5.74, 6) is -0.502. The molecule has 132 valence electrons. The third-order valence-electron chi connectivity index (χ3n) is 5.75. The average Bonchev–Trinajstić information content (AvgIpc) is 2.94. The fourth-order valence-corrected chi connectivity index (χ4v) is 4.30. The number of carbonyl (C=O) groups excluding carboxylic acids is 1. The Balaban J connectivity index is 1.83. The van der Waals surface area contributed by atoms with E-state index in [9.17, 15) is 9.90 Å². The Hall–Kier alpha value is -1.39. The van der Waals surface area contributed by atoms with Gasteiger partial charge in [0, 0.05) is 12.3 Å². The Morgan fingerprint density at radius 3 is 2.38 bits per heavy atom. The first kappa shape index (κ1) is 17.4. The summed E-state index contributed by atoms with van der Waals surface area (Å²) in [7, 11) is 4.30. The van der Waals surface area contributed by atoms with Gasteiger partial charge in [0.05, 0.1) is 20.6 Å². The number of rotatable bonds is 4. The quantitative estimate of drug-likeness (QED) is 0.681. The van der Waals surface area contributed by atoms with Crippen molar-refractivity contribution in [3.63, 3.8) is 0 Å². The third-order valence-corrected chi connectivity index (χ3v) is 5.75. The van der Waals surface area contributed by atoms with E-state index >= 15 is 0 Å². The number of quaternary nitrogens is 1. The van der Waals surface area contributed by atoms with Gasteiger partial charge < -0.3 is 14.3 Å². The maximum absolute atomic E-state index is 13.1. The molecule has 1 saturated heterocycles. The molecule has 1 saturated carbocycles. The maximum atomic E-state index is 13.1. The van der Waals surface area contributed by atoms with Crippen molar-refractivity contribution in [2.75, 3.05) is 27.2 Å². The van der Waals surface area contributed by atoms with Crippen LogP contribution < -0.4 is 0 Å². The second kappa shape index (κ2) is 6.85. The monoisotopic (exact) mass is 332 g/mol. The lowest BCUT2D eigenvalue weighted by Crippen LogP contribution is -2.47. The van der Waals surface area contributed by atoms with Gasteiger partial charge in [-0.2, -0.15) is 0 Å². The molecule has 1 N–H and O–H groups in total. The molecule has 24 heavy (non-hydrogen) atoms. The zero-order valence-corrected chi connectivity index (χ0v) is 14.9. The molecule has 2 fully saturated rings. The molecule has 1 aromatic rings. The molecule has 0 spiro atoms. The minimum atomic E-state index is -1.51. The van der Waals surface area contributed by atoms with Gasteiger partial charge in [-0.15, -0.1) is 0 Å². The van der Waals surface area contributed by atoms with E-state index in [1.807, 2.05) is 30.3 Å². The van der Waals surface area contributed by atoms with Crippen LogP contribution in [0, 0.1) is 5.92 Å². The summed E-state index contributed by atoms with van der Waals surface area (Å²) in [4.78, 5) is 13.1.